The second kappa shape index (κ2) is 3.25. The van der Waals surface area contributed by atoms with Crippen LogP contribution in [0.15, 0.2) is 12.1 Å². The van der Waals surface area contributed by atoms with Gasteiger partial charge in [0.15, 0.2) is 0 Å². The molecule has 0 saturated carbocycles. The van der Waals surface area contributed by atoms with Crippen molar-refractivity contribution in [3.8, 4) is 6.07 Å². The summed E-state index contributed by atoms with van der Waals surface area (Å²) in [5, 5.41) is 8.25. The van der Waals surface area contributed by atoms with Gasteiger partial charge in [0.1, 0.15) is 17.2 Å². The number of rotatable bonds is 0. The summed E-state index contributed by atoms with van der Waals surface area (Å²) in [7, 11) is 0. The summed E-state index contributed by atoms with van der Waals surface area (Å²) < 4.78 is 61.5. The molecule has 0 fully saturated rings. The molecule has 0 radical (unpaired) electrons. The fourth-order valence-electron chi connectivity index (χ4n) is 0.950. The van der Waals surface area contributed by atoms with Crippen LogP contribution in [0.5, 0.6) is 0 Å². The maximum Gasteiger partial charge on any atom is 0.420 e. The number of alkyl halides is 3. The van der Waals surface area contributed by atoms with Crippen molar-refractivity contribution in [2.24, 2.45) is 0 Å². The maximum atomic E-state index is 12.7. The SMILES string of the molecule is N#Cc1cc(F)cc(F)c1C(F)(F)F. The molecular weight excluding hydrogens is 205 g/mol. The highest BCUT2D eigenvalue weighted by Gasteiger charge is 2.37. The maximum absolute atomic E-state index is 12.7. The van der Waals surface area contributed by atoms with E-state index in [4.69, 9.17) is 5.26 Å². The number of halogens is 5. The van der Waals surface area contributed by atoms with Gasteiger partial charge < -0.3 is 0 Å². The minimum absolute atomic E-state index is 0.0870. The van der Waals surface area contributed by atoms with Crippen LogP contribution in [0.1, 0.15) is 11.1 Å². The Balaban J connectivity index is 3.51. The summed E-state index contributed by atoms with van der Waals surface area (Å²) in [5.41, 5.74) is -2.79. The van der Waals surface area contributed by atoms with E-state index in [1.54, 1.807) is 0 Å². The van der Waals surface area contributed by atoms with Crippen LogP contribution in [0.2, 0.25) is 0 Å². The van der Waals surface area contributed by atoms with Crippen molar-refractivity contribution in [2.45, 2.75) is 6.18 Å². The first-order valence-corrected chi connectivity index (χ1v) is 3.32. The Morgan fingerprint density at radius 3 is 2.14 bits per heavy atom. The van der Waals surface area contributed by atoms with Crippen LogP contribution < -0.4 is 0 Å². The van der Waals surface area contributed by atoms with E-state index < -0.39 is 28.9 Å². The zero-order chi connectivity index (χ0) is 10.9. The van der Waals surface area contributed by atoms with Gasteiger partial charge in [0.2, 0.25) is 0 Å². The lowest BCUT2D eigenvalue weighted by Crippen LogP contribution is -2.11. The molecule has 1 rings (SSSR count). The largest absolute Gasteiger partial charge is 0.420 e. The van der Waals surface area contributed by atoms with E-state index >= 15 is 0 Å². The molecule has 6 heteroatoms. The molecule has 0 N–H and O–H groups in total. The summed E-state index contributed by atoms with van der Waals surface area (Å²) in [6, 6.07) is 1.51. The van der Waals surface area contributed by atoms with Gasteiger partial charge in [-0.15, -0.1) is 0 Å². The third-order valence-electron chi connectivity index (χ3n) is 1.46. The Labute approximate surface area is 75.4 Å². The minimum Gasteiger partial charge on any atom is -0.207 e. The summed E-state index contributed by atoms with van der Waals surface area (Å²) in [4.78, 5) is 0. The predicted molar refractivity (Wildman–Crippen MR) is 36.1 cm³/mol. The number of hydrogen-bond donors (Lipinski definition) is 0. The molecule has 0 heterocycles. The fourth-order valence-corrected chi connectivity index (χ4v) is 0.950. The molecule has 1 aromatic carbocycles. The van der Waals surface area contributed by atoms with Crippen LogP contribution in [0.4, 0.5) is 22.0 Å². The third-order valence-corrected chi connectivity index (χ3v) is 1.46. The molecule has 74 valence electrons. The summed E-state index contributed by atoms with van der Waals surface area (Å²) >= 11 is 0. The molecular formula is C8H2F5N. The van der Waals surface area contributed by atoms with Gasteiger partial charge in [0.05, 0.1) is 11.6 Å². The zero-order valence-corrected chi connectivity index (χ0v) is 6.49. The van der Waals surface area contributed by atoms with E-state index in [-0.39, 0.29) is 6.07 Å². The smallest absolute Gasteiger partial charge is 0.207 e. The highest BCUT2D eigenvalue weighted by molar-refractivity contribution is 5.40. The summed E-state index contributed by atoms with van der Waals surface area (Å²) in [6.07, 6.45) is -5.00. The van der Waals surface area contributed by atoms with Gasteiger partial charge in [-0.2, -0.15) is 18.4 Å². The van der Waals surface area contributed by atoms with E-state index in [0.717, 1.165) is 6.07 Å². The molecule has 1 nitrogen and oxygen atoms in total. The molecule has 0 aromatic heterocycles. The summed E-state index contributed by atoms with van der Waals surface area (Å²) in [5.74, 6) is -3.00. The second-order valence-electron chi connectivity index (χ2n) is 2.42. The van der Waals surface area contributed by atoms with Gasteiger partial charge in [-0.1, -0.05) is 0 Å². The van der Waals surface area contributed by atoms with E-state index in [0.29, 0.717) is 6.07 Å². The molecule has 0 saturated heterocycles. The van der Waals surface area contributed by atoms with E-state index in [2.05, 4.69) is 0 Å². The minimum atomic E-state index is -5.00. The van der Waals surface area contributed by atoms with Crippen LogP contribution in [0.25, 0.3) is 0 Å². The lowest BCUT2D eigenvalue weighted by molar-refractivity contribution is -0.140. The van der Waals surface area contributed by atoms with Crippen LogP contribution in [0.3, 0.4) is 0 Å². The van der Waals surface area contributed by atoms with Gasteiger partial charge >= 0.3 is 6.18 Å². The van der Waals surface area contributed by atoms with Crippen molar-refractivity contribution in [1.82, 2.24) is 0 Å². The molecule has 0 aliphatic rings. The second-order valence-corrected chi connectivity index (χ2v) is 2.42. The average molecular weight is 207 g/mol. The molecule has 0 aliphatic heterocycles. The monoisotopic (exact) mass is 207 g/mol. The molecule has 0 amide bonds. The average Bonchev–Trinajstić information content (AvgIpc) is 1.99. The lowest BCUT2D eigenvalue weighted by Gasteiger charge is -2.09. The van der Waals surface area contributed by atoms with E-state index in [9.17, 15) is 22.0 Å². The van der Waals surface area contributed by atoms with Crippen molar-refractivity contribution in [2.75, 3.05) is 0 Å². The van der Waals surface area contributed by atoms with Gasteiger partial charge in [-0.05, 0) is 6.07 Å². The Bertz CT molecular complexity index is 401. The van der Waals surface area contributed by atoms with Gasteiger partial charge in [-0.25, -0.2) is 8.78 Å². The first-order chi connectivity index (χ1) is 6.36. The van der Waals surface area contributed by atoms with Crippen LogP contribution in [-0.2, 0) is 6.18 Å². The van der Waals surface area contributed by atoms with Crippen molar-refractivity contribution in [3.63, 3.8) is 0 Å². The molecule has 0 atom stereocenters. The molecule has 0 bridgehead atoms. The highest BCUT2D eigenvalue weighted by atomic mass is 19.4. The van der Waals surface area contributed by atoms with Gasteiger partial charge in [-0.3, -0.25) is 0 Å². The molecule has 0 spiro atoms. The van der Waals surface area contributed by atoms with Gasteiger partial charge in [0.25, 0.3) is 0 Å². The molecule has 0 unspecified atom stereocenters. The lowest BCUT2D eigenvalue weighted by atomic mass is 10.1. The zero-order valence-electron chi connectivity index (χ0n) is 6.49. The standard InChI is InChI=1S/C8H2F5N/c9-5-1-4(3-14)7(6(10)2-5)8(11,12)13/h1-2H. The van der Waals surface area contributed by atoms with Crippen LogP contribution in [0, 0.1) is 23.0 Å². The van der Waals surface area contributed by atoms with Crippen LogP contribution >= 0.6 is 0 Å². The molecule has 1 aromatic rings. The fraction of sp³-hybridized carbons (Fsp3) is 0.125. The number of nitrogens with zero attached hydrogens (tertiary/aromatic N) is 1. The Morgan fingerprint density at radius 2 is 1.71 bits per heavy atom. The quantitative estimate of drug-likeness (QED) is 0.600. The molecule has 0 aliphatic carbocycles. The first kappa shape index (κ1) is 10.4. The normalized spacial score (nSPS) is 11.1. The highest BCUT2D eigenvalue weighted by Crippen LogP contribution is 2.34. The summed E-state index contributed by atoms with van der Waals surface area (Å²) in [6.45, 7) is 0. The third kappa shape index (κ3) is 1.82. The Hall–Kier alpha value is -1.64. The van der Waals surface area contributed by atoms with Crippen molar-refractivity contribution in [3.05, 3.63) is 34.9 Å². The topological polar surface area (TPSA) is 23.8 Å². The first-order valence-electron chi connectivity index (χ1n) is 3.32. The number of benzene rings is 1. The predicted octanol–water partition coefficient (Wildman–Crippen LogP) is 2.86. The van der Waals surface area contributed by atoms with E-state index in [1.807, 2.05) is 0 Å². The Kier molecular flexibility index (Phi) is 2.43. The van der Waals surface area contributed by atoms with Crippen LogP contribution in [-0.4, -0.2) is 0 Å². The van der Waals surface area contributed by atoms with Gasteiger partial charge in [0, 0.05) is 6.07 Å². The molecule has 14 heavy (non-hydrogen) atoms. The van der Waals surface area contributed by atoms with Crippen molar-refractivity contribution >= 4 is 0 Å². The number of hydrogen-bond acceptors (Lipinski definition) is 1. The Morgan fingerprint density at radius 1 is 1.14 bits per heavy atom. The number of nitriles is 1. The van der Waals surface area contributed by atoms with Crippen molar-refractivity contribution < 1.29 is 22.0 Å². The van der Waals surface area contributed by atoms with Crippen molar-refractivity contribution in [1.29, 1.82) is 5.26 Å². The van der Waals surface area contributed by atoms with E-state index in [1.165, 1.54) is 0 Å².